The van der Waals surface area contributed by atoms with Gasteiger partial charge >= 0.3 is 0 Å². The average molecular weight is 299 g/mol. The summed E-state index contributed by atoms with van der Waals surface area (Å²) in [4.78, 5) is 11.8. The molecule has 1 atom stereocenters. The van der Waals surface area contributed by atoms with Gasteiger partial charge in [0.15, 0.2) is 6.61 Å². The Morgan fingerprint density at radius 2 is 1.64 bits per heavy atom. The van der Waals surface area contributed by atoms with E-state index in [2.05, 4.69) is 5.32 Å². The summed E-state index contributed by atoms with van der Waals surface area (Å²) >= 11 is 0. The predicted octanol–water partition coefficient (Wildman–Crippen LogP) is 2.96. The molecule has 0 aliphatic carbocycles. The van der Waals surface area contributed by atoms with Crippen molar-refractivity contribution in [1.29, 1.82) is 0 Å². The molecule has 0 aliphatic rings. The number of rotatable bonds is 7. The highest BCUT2D eigenvalue weighted by molar-refractivity contribution is 5.77. The molecule has 0 saturated carbocycles. The van der Waals surface area contributed by atoms with E-state index >= 15 is 0 Å². The molecule has 0 heterocycles. The minimum atomic E-state index is -0.163. The van der Waals surface area contributed by atoms with Gasteiger partial charge in [0.25, 0.3) is 5.91 Å². The van der Waals surface area contributed by atoms with Crippen molar-refractivity contribution in [2.75, 3.05) is 13.2 Å². The number of nitrogens with one attached hydrogen (secondary N) is 1. The van der Waals surface area contributed by atoms with Crippen LogP contribution in [0.2, 0.25) is 0 Å². The molecule has 0 aliphatic heterocycles. The summed E-state index contributed by atoms with van der Waals surface area (Å²) in [7, 11) is 0. The van der Waals surface area contributed by atoms with Gasteiger partial charge in [-0.25, -0.2) is 0 Å². The van der Waals surface area contributed by atoms with Crippen LogP contribution in [0, 0.1) is 6.92 Å². The Labute approximate surface area is 131 Å². The van der Waals surface area contributed by atoms with E-state index in [1.54, 1.807) is 0 Å². The summed E-state index contributed by atoms with van der Waals surface area (Å²) in [5, 5.41) is 2.84. The number of carbonyl (C=O) groups excluding carboxylic acids is 1. The Morgan fingerprint density at radius 1 is 1.00 bits per heavy atom. The normalized spacial score (nSPS) is 11.5. The minimum Gasteiger partial charge on any atom is -0.491 e. The van der Waals surface area contributed by atoms with E-state index in [9.17, 15) is 4.79 Å². The van der Waals surface area contributed by atoms with Crippen LogP contribution in [-0.2, 0) is 4.79 Å². The Morgan fingerprint density at radius 3 is 2.32 bits per heavy atom. The lowest BCUT2D eigenvalue weighted by Crippen LogP contribution is -2.39. The lowest BCUT2D eigenvalue weighted by molar-refractivity contribution is -0.123. The van der Waals surface area contributed by atoms with Crippen molar-refractivity contribution >= 4 is 5.91 Å². The molecule has 0 bridgehead atoms. The lowest BCUT2D eigenvalue weighted by Gasteiger charge is -2.15. The molecule has 1 unspecified atom stereocenters. The van der Waals surface area contributed by atoms with E-state index < -0.39 is 0 Å². The molecule has 1 N–H and O–H groups in total. The molecule has 0 fully saturated rings. The van der Waals surface area contributed by atoms with Crippen molar-refractivity contribution in [2.45, 2.75) is 19.9 Å². The average Bonchev–Trinajstić information content (AvgIpc) is 2.53. The minimum absolute atomic E-state index is 0.00111. The van der Waals surface area contributed by atoms with E-state index in [1.165, 1.54) is 5.56 Å². The van der Waals surface area contributed by atoms with Gasteiger partial charge in [-0.2, -0.15) is 0 Å². The van der Waals surface area contributed by atoms with E-state index in [0.29, 0.717) is 12.4 Å². The quantitative estimate of drug-likeness (QED) is 0.855. The first kappa shape index (κ1) is 15.9. The van der Waals surface area contributed by atoms with Gasteiger partial charge in [0.2, 0.25) is 0 Å². The molecule has 116 valence electrons. The van der Waals surface area contributed by atoms with E-state index in [1.807, 2.05) is 68.4 Å². The van der Waals surface area contributed by atoms with Crippen LogP contribution in [0.1, 0.15) is 12.5 Å². The summed E-state index contributed by atoms with van der Waals surface area (Å²) in [5.74, 6) is 1.32. The van der Waals surface area contributed by atoms with Crippen molar-refractivity contribution in [3.8, 4) is 11.5 Å². The molecule has 0 aromatic heterocycles. The van der Waals surface area contributed by atoms with Crippen LogP contribution in [0.4, 0.5) is 0 Å². The Bertz CT molecular complexity index is 581. The first-order valence-corrected chi connectivity index (χ1v) is 7.30. The van der Waals surface area contributed by atoms with Crippen LogP contribution in [-0.4, -0.2) is 25.2 Å². The summed E-state index contributed by atoms with van der Waals surface area (Å²) < 4.78 is 11.0. The predicted molar refractivity (Wildman–Crippen MR) is 86.2 cm³/mol. The molecule has 4 nitrogen and oxygen atoms in total. The zero-order valence-electron chi connectivity index (χ0n) is 12.9. The molecule has 0 spiro atoms. The number of amides is 1. The van der Waals surface area contributed by atoms with Crippen molar-refractivity contribution in [3.63, 3.8) is 0 Å². The van der Waals surface area contributed by atoms with Gasteiger partial charge in [0.1, 0.15) is 18.1 Å². The third-order valence-corrected chi connectivity index (χ3v) is 3.04. The van der Waals surface area contributed by atoms with Crippen LogP contribution in [0.25, 0.3) is 0 Å². The Hall–Kier alpha value is -2.49. The molecular weight excluding hydrogens is 278 g/mol. The summed E-state index contributed by atoms with van der Waals surface area (Å²) in [6, 6.07) is 17.0. The second kappa shape index (κ2) is 8.08. The van der Waals surface area contributed by atoms with Crippen molar-refractivity contribution in [1.82, 2.24) is 5.32 Å². The van der Waals surface area contributed by atoms with E-state index in [0.717, 1.165) is 5.75 Å². The molecule has 22 heavy (non-hydrogen) atoms. The van der Waals surface area contributed by atoms with Gasteiger partial charge in [0.05, 0.1) is 6.04 Å². The standard InChI is InChI=1S/C18H21NO3/c1-14-8-10-17(11-9-14)21-12-15(2)19-18(20)13-22-16-6-4-3-5-7-16/h3-11,15H,12-13H2,1-2H3,(H,19,20). The van der Waals surface area contributed by atoms with Crippen molar-refractivity contribution in [3.05, 3.63) is 60.2 Å². The molecule has 0 saturated heterocycles. The zero-order valence-corrected chi connectivity index (χ0v) is 12.9. The molecule has 2 aromatic rings. The second-order valence-corrected chi connectivity index (χ2v) is 5.19. The number of benzene rings is 2. The SMILES string of the molecule is Cc1ccc(OCC(C)NC(=O)COc2ccccc2)cc1. The maximum Gasteiger partial charge on any atom is 0.258 e. The topological polar surface area (TPSA) is 47.6 Å². The number of carbonyl (C=O) groups is 1. The largest absolute Gasteiger partial charge is 0.491 e. The molecule has 2 rings (SSSR count). The first-order chi connectivity index (χ1) is 10.6. The second-order valence-electron chi connectivity index (χ2n) is 5.19. The molecule has 4 heteroatoms. The highest BCUT2D eigenvalue weighted by Gasteiger charge is 2.08. The zero-order chi connectivity index (χ0) is 15.8. The maximum absolute atomic E-state index is 11.8. The van der Waals surface area contributed by atoms with Gasteiger partial charge in [-0.3, -0.25) is 4.79 Å². The van der Waals surface area contributed by atoms with Gasteiger partial charge in [-0.1, -0.05) is 35.9 Å². The summed E-state index contributed by atoms with van der Waals surface area (Å²) in [6.07, 6.45) is 0. The number of para-hydroxylation sites is 1. The smallest absolute Gasteiger partial charge is 0.258 e. The molecule has 1 amide bonds. The third-order valence-electron chi connectivity index (χ3n) is 3.04. The van der Waals surface area contributed by atoms with Gasteiger partial charge in [0, 0.05) is 0 Å². The Balaban J connectivity index is 1.68. The molecular formula is C18H21NO3. The lowest BCUT2D eigenvalue weighted by atomic mass is 10.2. The van der Waals surface area contributed by atoms with Crippen LogP contribution >= 0.6 is 0 Å². The van der Waals surface area contributed by atoms with Crippen LogP contribution in [0.15, 0.2) is 54.6 Å². The first-order valence-electron chi connectivity index (χ1n) is 7.30. The molecule has 2 aromatic carbocycles. The maximum atomic E-state index is 11.8. The van der Waals surface area contributed by atoms with E-state index in [-0.39, 0.29) is 18.6 Å². The number of hydrogen-bond donors (Lipinski definition) is 1. The third kappa shape index (κ3) is 5.48. The number of ether oxygens (including phenoxy) is 2. The fraction of sp³-hybridized carbons (Fsp3) is 0.278. The number of aryl methyl sites for hydroxylation is 1. The Kier molecular flexibility index (Phi) is 5.83. The van der Waals surface area contributed by atoms with Gasteiger partial charge in [-0.15, -0.1) is 0 Å². The van der Waals surface area contributed by atoms with Crippen molar-refractivity contribution in [2.24, 2.45) is 0 Å². The summed E-state index contributed by atoms with van der Waals surface area (Å²) in [5.41, 5.74) is 1.19. The van der Waals surface area contributed by atoms with Crippen LogP contribution in [0.3, 0.4) is 0 Å². The summed E-state index contributed by atoms with van der Waals surface area (Å²) in [6.45, 7) is 4.34. The monoisotopic (exact) mass is 299 g/mol. The van der Waals surface area contributed by atoms with Crippen LogP contribution in [0.5, 0.6) is 11.5 Å². The highest BCUT2D eigenvalue weighted by Crippen LogP contribution is 2.11. The van der Waals surface area contributed by atoms with Gasteiger partial charge in [-0.05, 0) is 38.1 Å². The van der Waals surface area contributed by atoms with E-state index in [4.69, 9.17) is 9.47 Å². The fourth-order valence-corrected chi connectivity index (χ4v) is 1.88. The van der Waals surface area contributed by atoms with Gasteiger partial charge < -0.3 is 14.8 Å². The van der Waals surface area contributed by atoms with Crippen LogP contribution < -0.4 is 14.8 Å². The van der Waals surface area contributed by atoms with Crippen molar-refractivity contribution < 1.29 is 14.3 Å². The fourth-order valence-electron chi connectivity index (χ4n) is 1.88. The highest BCUT2D eigenvalue weighted by atomic mass is 16.5. The molecule has 0 radical (unpaired) electrons. The number of hydrogen-bond acceptors (Lipinski definition) is 3.